The number of hydrogen-bond donors (Lipinski definition) is 1. The van der Waals surface area contributed by atoms with Crippen LogP contribution in [0.25, 0.3) is 0 Å². The van der Waals surface area contributed by atoms with Gasteiger partial charge in [0.05, 0.1) is 5.69 Å². The molecular formula is C13H13ClN2O2S. The van der Waals surface area contributed by atoms with Gasteiger partial charge in [-0.15, -0.1) is 0 Å². The van der Waals surface area contributed by atoms with Gasteiger partial charge >= 0.3 is 5.97 Å². The van der Waals surface area contributed by atoms with Gasteiger partial charge in [0, 0.05) is 12.1 Å². The smallest absolute Gasteiger partial charge is 0.343 e. The first-order valence-electron chi connectivity index (χ1n) is 5.67. The molecule has 0 bridgehead atoms. The number of hydrogen-bond acceptors (Lipinski definition) is 5. The predicted octanol–water partition coefficient (Wildman–Crippen LogP) is 3.50. The van der Waals surface area contributed by atoms with Crippen LogP contribution >= 0.6 is 23.1 Å². The minimum Gasteiger partial charge on any atom is -0.457 e. The van der Waals surface area contributed by atoms with Crippen LogP contribution in [0.4, 0.5) is 5.00 Å². The molecule has 0 aliphatic heterocycles. The third-order valence-electron chi connectivity index (χ3n) is 2.55. The number of halogens is 1. The first kappa shape index (κ1) is 13.8. The fraction of sp³-hybridized carbons (Fsp3) is 0.231. The Balaban J connectivity index is 2.07. The molecule has 2 aromatic rings. The molecule has 4 nitrogen and oxygen atoms in total. The molecule has 0 saturated heterocycles. The Labute approximate surface area is 120 Å². The second-order valence-corrected chi connectivity index (χ2v) is 5.14. The van der Waals surface area contributed by atoms with Crippen LogP contribution in [0.15, 0.2) is 24.3 Å². The average molecular weight is 297 g/mol. The SMILES string of the molecule is CNc1snc(C)c1C(=O)OCc1cccc(Cl)c1. The van der Waals surface area contributed by atoms with Crippen LogP contribution in [0.2, 0.25) is 5.02 Å². The van der Waals surface area contributed by atoms with Gasteiger partial charge in [-0.2, -0.15) is 4.37 Å². The van der Waals surface area contributed by atoms with Crippen molar-refractivity contribution < 1.29 is 9.53 Å². The van der Waals surface area contributed by atoms with Crippen molar-refractivity contribution in [3.05, 3.63) is 46.1 Å². The summed E-state index contributed by atoms with van der Waals surface area (Å²) >= 11 is 7.12. The van der Waals surface area contributed by atoms with Gasteiger partial charge in [-0.05, 0) is 36.2 Å². The van der Waals surface area contributed by atoms with Crippen LogP contribution in [0.3, 0.4) is 0 Å². The monoisotopic (exact) mass is 296 g/mol. The minimum atomic E-state index is -0.379. The quantitative estimate of drug-likeness (QED) is 0.877. The first-order valence-corrected chi connectivity index (χ1v) is 6.82. The van der Waals surface area contributed by atoms with Gasteiger partial charge in [0.2, 0.25) is 0 Å². The van der Waals surface area contributed by atoms with Gasteiger partial charge in [-0.1, -0.05) is 23.7 Å². The highest BCUT2D eigenvalue weighted by molar-refractivity contribution is 7.10. The van der Waals surface area contributed by atoms with Gasteiger partial charge in [-0.25, -0.2) is 4.79 Å². The molecule has 19 heavy (non-hydrogen) atoms. The Bertz CT molecular complexity index is 598. The molecule has 1 aromatic carbocycles. The topological polar surface area (TPSA) is 51.2 Å². The third-order valence-corrected chi connectivity index (χ3v) is 3.74. The minimum absolute atomic E-state index is 0.192. The molecule has 100 valence electrons. The maximum Gasteiger partial charge on any atom is 0.343 e. The van der Waals surface area contributed by atoms with Crippen molar-refractivity contribution in [3.63, 3.8) is 0 Å². The van der Waals surface area contributed by atoms with E-state index in [4.69, 9.17) is 16.3 Å². The Morgan fingerprint density at radius 3 is 3.00 bits per heavy atom. The number of aromatic nitrogens is 1. The average Bonchev–Trinajstić information content (AvgIpc) is 2.77. The number of anilines is 1. The molecule has 1 N–H and O–H groups in total. The molecule has 6 heteroatoms. The van der Waals surface area contributed by atoms with Crippen LogP contribution in [0.5, 0.6) is 0 Å². The van der Waals surface area contributed by atoms with Crippen LogP contribution < -0.4 is 5.32 Å². The predicted molar refractivity (Wildman–Crippen MR) is 77.0 cm³/mol. The highest BCUT2D eigenvalue weighted by atomic mass is 35.5. The highest BCUT2D eigenvalue weighted by Crippen LogP contribution is 2.25. The highest BCUT2D eigenvalue weighted by Gasteiger charge is 2.19. The van der Waals surface area contributed by atoms with E-state index < -0.39 is 0 Å². The number of ether oxygens (including phenoxy) is 1. The molecule has 0 unspecified atom stereocenters. The van der Waals surface area contributed by atoms with Gasteiger partial charge in [0.1, 0.15) is 17.2 Å². The second-order valence-electron chi connectivity index (χ2n) is 3.93. The van der Waals surface area contributed by atoms with Crippen molar-refractivity contribution in [1.82, 2.24) is 4.37 Å². The van der Waals surface area contributed by atoms with Gasteiger partial charge in [0.15, 0.2) is 0 Å². The zero-order valence-corrected chi connectivity index (χ0v) is 12.1. The summed E-state index contributed by atoms with van der Waals surface area (Å²) in [4.78, 5) is 12.0. The number of esters is 1. The Hall–Kier alpha value is -1.59. The molecule has 0 spiro atoms. The van der Waals surface area contributed by atoms with Gasteiger partial charge in [-0.3, -0.25) is 0 Å². The number of carbonyl (C=O) groups excluding carboxylic acids is 1. The summed E-state index contributed by atoms with van der Waals surface area (Å²) in [5.74, 6) is -0.379. The summed E-state index contributed by atoms with van der Waals surface area (Å²) < 4.78 is 9.41. The van der Waals surface area contributed by atoms with Crippen molar-refractivity contribution >= 4 is 34.1 Å². The van der Waals surface area contributed by atoms with E-state index in [9.17, 15) is 4.79 Å². The normalized spacial score (nSPS) is 10.3. The molecule has 0 fully saturated rings. The Kier molecular flexibility index (Phi) is 4.39. The molecule has 0 amide bonds. The van der Waals surface area contributed by atoms with Crippen LogP contribution in [0.1, 0.15) is 21.6 Å². The number of benzene rings is 1. The van der Waals surface area contributed by atoms with Crippen LogP contribution in [-0.4, -0.2) is 17.4 Å². The van der Waals surface area contributed by atoms with Gasteiger partial charge < -0.3 is 10.1 Å². The van der Waals surface area contributed by atoms with E-state index in [1.807, 2.05) is 12.1 Å². The lowest BCUT2D eigenvalue weighted by molar-refractivity contribution is 0.0473. The second kappa shape index (κ2) is 6.04. The fourth-order valence-electron chi connectivity index (χ4n) is 1.63. The summed E-state index contributed by atoms with van der Waals surface area (Å²) in [5.41, 5.74) is 2.02. The number of carbonyl (C=O) groups is 1. The van der Waals surface area contributed by atoms with E-state index in [-0.39, 0.29) is 12.6 Å². The standard InChI is InChI=1S/C13H13ClN2O2S/c1-8-11(12(15-2)19-16-8)13(17)18-7-9-4-3-5-10(14)6-9/h3-6,15H,7H2,1-2H3. The molecular weight excluding hydrogens is 284 g/mol. The number of nitrogens with zero attached hydrogens (tertiary/aromatic N) is 1. The van der Waals surface area contributed by atoms with Crippen LogP contribution in [-0.2, 0) is 11.3 Å². The van der Waals surface area contributed by atoms with E-state index in [0.717, 1.165) is 5.56 Å². The third kappa shape index (κ3) is 3.24. The summed E-state index contributed by atoms with van der Waals surface area (Å²) in [6.45, 7) is 1.98. The largest absolute Gasteiger partial charge is 0.457 e. The Morgan fingerprint density at radius 1 is 1.53 bits per heavy atom. The number of nitrogens with one attached hydrogen (secondary N) is 1. The molecule has 0 saturated carbocycles. The van der Waals surface area contributed by atoms with Crippen molar-refractivity contribution in [2.24, 2.45) is 0 Å². The van der Waals surface area contributed by atoms with Gasteiger partial charge in [0.25, 0.3) is 0 Å². The number of rotatable bonds is 4. The summed E-state index contributed by atoms with van der Waals surface area (Å²) in [6, 6.07) is 7.23. The van der Waals surface area contributed by atoms with E-state index in [1.54, 1.807) is 26.1 Å². The fourth-order valence-corrected chi connectivity index (χ4v) is 2.57. The molecule has 0 atom stereocenters. The van der Waals surface area contributed by atoms with Crippen LogP contribution in [0, 0.1) is 6.92 Å². The maximum absolute atomic E-state index is 12.0. The summed E-state index contributed by atoms with van der Waals surface area (Å²) in [5, 5.41) is 4.28. The molecule has 2 rings (SSSR count). The van der Waals surface area contributed by atoms with E-state index in [2.05, 4.69) is 9.69 Å². The summed E-state index contributed by atoms with van der Waals surface area (Å²) in [6.07, 6.45) is 0. The zero-order valence-electron chi connectivity index (χ0n) is 10.6. The summed E-state index contributed by atoms with van der Waals surface area (Å²) in [7, 11) is 1.75. The lowest BCUT2D eigenvalue weighted by Gasteiger charge is -2.06. The van der Waals surface area contributed by atoms with Crippen molar-refractivity contribution in [1.29, 1.82) is 0 Å². The molecule has 0 aliphatic carbocycles. The first-order chi connectivity index (χ1) is 9.11. The van der Waals surface area contributed by atoms with Crippen molar-refractivity contribution in [2.75, 3.05) is 12.4 Å². The number of aryl methyl sites for hydroxylation is 1. The van der Waals surface area contributed by atoms with E-state index >= 15 is 0 Å². The zero-order chi connectivity index (χ0) is 13.8. The molecule has 1 heterocycles. The van der Waals surface area contributed by atoms with Crippen molar-refractivity contribution in [3.8, 4) is 0 Å². The Morgan fingerprint density at radius 2 is 2.32 bits per heavy atom. The molecule has 1 aromatic heterocycles. The lowest BCUT2D eigenvalue weighted by atomic mass is 10.2. The molecule has 0 radical (unpaired) electrons. The molecule has 0 aliphatic rings. The lowest BCUT2D eigenvalue weighted by Crippen LogP contribution is -2.08. The van der Waals surface area contributed by atoms with E-state index in [0.29, 0.717) is 21.3 Å². The maximum atomic E-state index is 12.0. The van der Waals surface area contributed by atoms with E-state index in [1.165, 1.54) is 11.5 Å². The van der Waals surface area contributed by atoms with Crippen molar-refractivity contribution in [2.45, 2.75) is 13.5 Å².